The number of benzene rings is 2. The number of carbonyl (C=O) groups is 2. The zero-order chi connectivity index (χ0) is 22.0. The van der Waals surface area contributed by atoms with E-state index in [1.165, 1.54) is 23.4 Å². The van der Waals surface area contributed by atoms with Gasteiger partial charge in [0, 0.05) is 37.5 Å². The molecule has 0 spiro atoms. The largest absolute Gasteiger partial charge is 0.454 e. The molecule has 2 N–H and O–H groups in total. The SMILES string of the molecule is CC(=O)Nc1ccc(S(=O)(=O)N2CCC[C@@H](C(=O)Nc3ccc4c(c3)OCO4)C2)cc1. The van der Waals surface area contributed by atoms with Gasteiger partial charge in [-0.1, -0.05) is 0 Å². The van der Waals surface area contributed by atoms with Gasteiger partial charge in [0.1, 0.15) is 0 Å². The summed E-state index contributed by atoms with van der Waals surface area (Å²) in [7, 11) is -3.75. The smallest absolute Gasteiger partial charge is 0.243 e. The number of amides is 2. The Morgan fingerprint density at radius 2 is 1.71 bits per heavy atom. The van der Waals surface area contributed by atoms with Gasteiger partial charge in [0.2, 0.25) is 28.6 Å². The van der Waals surface area contributed by atoms with Gasteiger partial charge in [-0.15, -0.1) is 0 Å². The van der Waals surface area contributed by atoms with Crippen molar-refractivity contribution < 1.29 is 27.5 Å². The Labute approximate surface area is 180 Å². The molecule has 2 aliphatic heterocycles. The Kier molecular flexibility index (Phi) is 5.84. The maximum Gasteiger partial charge on any atom is 0.243 e. The molecule has 0 aromatic heterocycles. The van der Waals surface area contributed by atoms with E-state index in [0.29, 0.717) is 42.3 Å². The Morgan fingerprint density at radius 3 is 2.45 bits per heavy atom. The third kappa shape index (κ3) is 4.64. The van der Waals surface area contributed by atoms with Gasteiger partial charge >= 0.3 is 0 Å². The fourth-order valence-corrected chi connectivity index (χ4v) is 5.18. The minimum Gasteiger partial charge on any atom is -0.454 e. The van der Waals surface area contributed by atoms with Gasteiger partial charge in [0.05, 0.1) is 10.8 Å². The number of nitrogens with zero attached hydrogens (tertiary/aromatic N) is 1. The fraction of sp³-hybridized carbons (Fsp3) is 0.333. The van der Waals surface area contributed by atoms with E-state index in [1.807, 2.05) is 0 Å². The normalized spacial score (nSPS) is 18.4. The van der Waals surface area contributed by atoms with E-state index in [9.17, 15) is 18.0 Å². The summed E-state index contributed by atoms with van der Waals surface area (Å²) < 4.78 is 38.0. The lowest BCUT2D eigenvalue weighted by atomic mass is 9.98. The molecule has 2 aromatic rings. The average molecular weight is 445 g/mol. The van der Waals surface area contributed by atoms with Gasteiger partial charge in [-0.05, 0) is 49.2 Å². The highest BCUT2D eigenvalue weighted by Crippen LogP contribution is 2.34. The first-order valence-corrected chi connectivity index (χ1v) is 11.4. The van der Waals surface area contributed by atoms with Crippen molar-refractivity contribution in [1.82, 2.24) is 4.31 Å². The number of hydrogen-bond donors (Lipinski definition) is 2. The van der Waals surface area contributed by atoms with Crippen LogP contribution in [-0.2, 0) is 19.6 Å². The van der Waals surface area contributed by atoms with Crippen molar-refractivity contribution in [2.45, 2.75) is 24.7 Å². The monoisotopic (exact) mass is 445 g/mol. The molecule has 1 fully saturated rings. The summed E-state index contributed by atoms with van der Waals surface area (Å²) in [5.74, 6) is 0.251. The maximum atomic E-state index is 13.1. The van der Waals surface area contributed by atoms with E-state index in [0.717, 1.165) is 0 Å². The lowest BCUT2D eigenvalue weighted by molar-refractivity contribution is -0.121. The van der Waals surface area contributed by atoms with Crippen molar-refractivity contribution >= 4 is 33.2 Å². The minimum atomic E-state index is -3.75. The van der Waals surface area contributed by atoms with Gasteiger partial charge in [0.25, 0.3) is 0 Å². The van der Waals surface area contributed by atoms with Crippen LogP contribution >= 0.6 is 0 Å². The third-order valence-electron chi connectivity index (χ3n) is 5.21. The molecule has 0 unspecified atom stereocenters. The van der Waals surface area contributed by atoms with Crippen LogP contribution in [0.3, 0.4) is 0 Å². The molecule has 4 rings (SSSR count). The van der Waals surface area contributed by atoms with Crippen LogP contribution < -0.4 is 20.1 Å². The van der Waals surface area contributed by atoms with E-state index >= 15 is 0 Å². The summed E-state index contributed by atoms with van der Waals surface area (Å²) in [5.41, 5.74) is 1.09. The maximum absolute atomic E-state index is 13.1. The van der Waals surface area contributed by atoms with Crippen LogP contribution in [0.2, 0.25) is 0 Å². The quantitative estimate of drug-likeness (QED) is 0.731. The first kappa shape index (κ1) is 21.1. The van der Waals surface area contributed by atoms with Crippen LogP contribution in [0.1, 0.15) is 19.8 Å². The van der Waals surface area contributed by atoms with E-state index in [2.05, 4.69) is 10.6 Å². The number of ether oxygens (including phenoxy) is 2. The van der Waals surface area contributed by atoms with Crippen molar-refractivity contribution in [3.05, 3.63) is 42.5 Å². The second-order valence-corrected chi connectivity index (χ2v) is 9.40. The van der Waals surface area contributed by atoms with Gasteiger partial charge in [0.15, 0.2) is 11.5 Å². The second kappa shape index (κ2) is 8.56. The number of fused-ring (bicyclic) bond motifs is 1. The molecular weight excluding hydrogens is 422 g/mol. The van der Waals surface area contributed by atoms with Crippen molar-refractivity contribution in [2.75, 3.05) is 30.5 Å². The van der Waals surface area contributed by atoms with E-state index in [4.69, 9.17) is 9.47 Å². The summed E-state index contributed by atoms with van der Waals surface area (Å²) in [6, 6.07) is 11.1. The zero-order valence-electron chi connectivity index (χ0n) is 17.0. The molecule has 0 bridgehead atoms. The Bertz CT molecular complexity index is 1100. The summed E-state index contributed by atoms with van der Waals surface area (Å²) >= 11 is 0. The van der Waals surface area contributed by atoms with Crippen LogP contribution in [0.4, 0.5) is 11.4 Å². The van der Waals surface area contributed by atoms with Crippen LogP contribution in [0.15, 0.2) is 47.4 Å². The second-order valence-electron chi connectivity index (χ2n) is 7.47. The molecule has 0 saturated carbocycles. The summed E-state index contributed by atoms with van der Waals surface area (Å²) in [4.78, 5) is 24.0. The number of carbonyl (C=O) groups excluding carboxylic acids is 2. The van der Waals surface area contributed by atoms with Gasteiger partial charge < -0.3 is 20.1 Å². The number of rotatable bonds is 5. The topological polar surface area (TPSA) is 114 Å². The van der Waals surface area contributed by atoms with Gasteiger partial charge in [-0.3, -0.25) is 9.59 Å². The van der Waals surface area contributed by atoms with E-state index < -0.39 is 15.9 Å². The molecule has 0 radical (unpaired) electrons. The third-order valence-corrected chi connectivity index (χ3v) is 7.09. The summed E-state index contributed by atoms with van der Waals surface area (Å²) in [5, 5.41) is 5.45. The summed E-state index contributed by atoms with van der Waals surface area (Å²) in [6.45, 7) is 1.98. The van der Waals surface area contributed by atoms with Crippen LogP contribution in [-0.4, -0.2) is 44.4 Å². The lowest BCUT2D eigenvalue weighted by Gasteiger charge is -2.31. The molecule has 2 aliphatic rings. The molecule has 164 valence electrons. The van der Waals surface area contributed by atoms with Gasteiger partial charge in [-0.2, -0.15) is 4.31 Å². The molecule has 10 heteroatoms. The molecule has 2 heterocycles. The fourth-order valence-electron chi connectivity index (χ4n) is 3.66. The molecular formula is C21H23N3O6S. The van der Waals surface area contributed by atoms with Crippen molar-refractivity contribution in [1.29, 1.82) is 0 Å². The van der Waals surface area contributed by atoms with E-state index in [-0.39, 0.29) is 30.0 Å². The van der Waals surface area contributed by atoms with Crippen molar-refractivity contribution in [3.63, 3.8) is 0 Å². The number of nitrogens with one attached hydrogen (secondary N) is 2. The molecule has 31 heavy (non-hydrogen) atoms. The lowest BCUT2D eigenvalue weighted by Crippen LogP contribution is -2.43. The number of anilines is 2. The highest BCUT2D eigenvalue weighted by molar-refractivity contribution is 7.89. The van der Waals surface area contributed by atoms with E-state index in [1.54, 1.807) is 30.3 Å². The standard InChI is InChI=1S/C21H23N3O6S/c1-14(25)22-16-4-7-18(8-5-16)31(27,28)24-10-2-3-15(12-24)21(26)23-17-6-9-19-20(11-17)30-13-29-19/h4-9,11,15H,2-3,10,12-13H2,1H3,(H,22,25)(H,23,26)/t15-/m1/s1. The van der Waals surface area contributed by atoms with Gasteiger partial charge in [-0.25, -0.2) is 8.42 Å². The highest BCUT2D eigenvalue weighted by atomic mass is 32.2. The number of sulfonamides is 1. The van der Waals surface area contributed by atoms with Crippen LogP contribution in [0.25, 0.3) is 0 Å². The minimum absolute atomic E-state index is 0.103. The number of hydrogen-bond acceptors (Lipinski definition) is 6. The van der Waals surface area contributed by atoms with Crippen molar-refractivity contribution in [3.8, 4) is 11.5 Å². The Hall–Kier alpha value is -3.11. The highest BCUT2D eigenvalue weighted by Gasteiger charge is 2.33. The number of piperidine rings is 1. The zero-order valence-corrected chi connectivity index (χ0v) is 17.8. The summed E-state index contributed by atoms with van der Waals surface area (Å²) in [6.07, 6.45) is 1.19. The molecule has 2 amide bonds. The predicted molar refractivity (Wildman–Crippen MR) is 113 cm³/mol. The molecule has 9 nitrogen and oxygen atoms in total. The van der Waals surface area contributed by atoms with Crippen molar-refractivity contribution in [2.24, 2.45) is 5.92 Å². The molecule has 1 atom stereocenters. The predicted octanol–water partition coefficient (Wildman–Crippen LogP) is 2.41. The first-order valence-electron chi connectivity index (χ1n) is 9.91. The van der Waals surface area contributed by atoms with Crippen LogP contribution in [0, 0.1) is 5.92 Å². The average Bonchev–Trinajstić information content (AvgIpc) is 3.22. The molecule has 0 aliphatic carbocycles. The Balaban J connectivity index is 1.43. The first-order chi connectivity index (χ1) is 14.8. The van der Waals surface area contributed by atoms with Crippen LogP contribution in [0.5, 0.6) is 11.5 Å². The molecule has 1 saturated heterocycles. The Morgan fingerprint density at radius 1 is 1.00 bits per heavy atom. The molecule has 2 aromatic carbocycles.